The number of hydrogen-bond acceptors (Lipinski definition) is 4. The number of carbonyl (C=O) groups excluding carboxylic acids is 1. The molecule has 2 aliphatic heterocycles. The van der Waals surface area contributed by atoms with Gasteiger partial charge in [0.15, 0.2) is 0 Å². The molecule has 2 aromatic heterocycles. The molecule has 0 atom stereocenters. The minimum Gasteiger partial charge on any atom is -0.467 e. The number of likely N-dealkylation sites (tertiary alicyclic amines) is 1. The number of amides is 1. The van der Waals surface area contributed by atoms with E-state index in [2.05, 4.69) is 62.7 Å². The summed E-state index contributed by atoms with van der Waals surface area (Å²) in [5.74, 6) is 0.814. The van der Waals surface area contributed by atoms with Crippen LogP contribution in [0.2, 0.25) is 0 Å². The average molecular weight is 376 g/mol. The minimum atomic E-state index is -0.0704. The number of hydrogen-bond donors (Lipinski definition) is 2. The molecule has 1 fully saturated rings. The number of fused-ring (bicyclic) bond motifs is 4. The van der Waals surface area contributed by atoms with Gasteiger partial charge in [-0.05, 0) is 49.2 Å². The van der Waals surface area contributed by atoms with Crippen LogP contribution in [0.15, 0.2) is 65.4 Å². The van der Waals surface area contributed by atoms with Gasteiger partial charge in [-0.15, -0.1) is 0 Å². The number of carbonyl (C=O) groups is 1. The number of nitrogens with one attached hydrogen (secondary N) is 2. The van der Waals surface area contributed by atoms with Gasteiger partial charge in [0.05, 0.1) is 36.3 Å². The molecule has 1 amide bonds. The van der Waals surface area contributed by atoms with E-state index < -0.39 is 0 Å². The van der Waals surface area contributed by atoms with Gasteiger partial charge in [-0.2, -0.15) is 0 Å². The molecule has 28 heavy (non-hydrogen) atoms. The van der Waals surface area contributed by atoms with Crippen molar-refractivity contribution in [3.8, 4) is 5.69 Å². The summed E-state index contributed by atoms with van der Waals surface area (Å²) in [4.78, 5) is 14.5. The van der Waals surface area contributed by atoms with E-state index in [1.165, 1.54) is 17.1 Å². The summed E-state index contributed by atoms with van der Waals surface area (Å²) >= 11 is 0. The van der Waals surface area contributed by atoms with Crippen LogP contribution < -0.4 is 10.6 Å². The molecule has 3 aromatic rings. The van der Waals surface area contributed by atoms with E-state index in [0.717, 1.165) is 31.7 Å². The normalized spacial score (nSPS) is 17.6. The fourth-order valence-electron chi connectivity index (χ4n) is 4.42. The number of rotatable bonds is 4. The number of furan rings is 1. The van der Waals surface area contributed by atoms with Crippen molar-refractivity contribution >= 4 is 11.6 Å². The van der Waals surface area contributed by atoms with Crippen molar-refractivity contribution in [2.75, 3.05) is 25.0 Å². The Balaban J connectivity index is 1.24. The molecule has 6 nitrogen and oxygen atoms in total. The van der Waals surface area contributed by atoms with Gasteiger partial charge < -0.3 is 19.6 Å². The number of aromatic nitrogens is 1. The van der Waals surface area contributed by atoms with Crippen LogP contribution in [0.4, 0.5) is 5.69 Å². The fourth-order valence-corrected chi connectivity index (χ4v) is 4.42. The van der Waals surface area contributed by atoms with Crippen molar-refractivity contribution in [2.24, 2.45) is 0 Å². The first-order valence-electron chi connectivity index (χ1n) is 9.80. The summed E-state index contributed by atoms with van der Waals surface area (Å²) in [6.07, 6.45) is 5.70. The average Bonchev–Trinajstić information content (AvgIpc) is 3.41. The second-order valence-electron chi connectivity index (χ2n) is 7.62. The van der Waals surface area contributed by atoms with Crippen molar-refractivity contribution in [3.05, 3.63) is 72.4 Å². The summed E-state index contributed by atoms with van der Waals surface area (Å²) in [6.45, 7) is 2.63. The molecule has 144 valence electrons. The minimum absolute atomic E-state index is 0.0395. The van der Waals surface area contributed by atoms with Gasteiger partial charge in [0.1, 0.15) is 5.76 Å². The molecule has 2 aliphatic rings. The third-order valence-electron chi connectivity index (χ3n) is 5.89. The Bertz CT molecular complexity index is 968. The Morgan fingerprint density at radius 3 is 2.79 bits per heavy atom. The molecule has 1 spiro atoms. The number of piperidine rings is 1. The van der Waals surface area contributed by atoms with E-state index in [4.69, 9.17) is 4.42 Å². The number of benzene rings is 1. The quantitative estimate of drug-likeness (QED) is 0.735. The Morgan fingerprint density at radius 1 is 1.11 bits per heavy atom. The lowest BCUT2D eigenvalue weighted by Gasteiger charge is -2.46. The maximum Gasteiger partial charge on any atom is 0.234 e. The molecule has 2 N–H and O–H groups in total. The zero-order chi connectivity index (χ0) is 19.0. The first-order valence-corrected chi connectivity index (χ1v) is 9.80. The van der Waals surface area contributed by atoms with Crippen LogP contribution in [0.3, 0.4) is 0 Å². The molecule has 5 rings (SSSR count). The van der Waals surface area contributed by atoms with Crippen LogP contribution in [0.5, 0.6) is 0 Å². The summed E-state index contributed by atoms with van der Waals surface area (Å²) in [6, 6.07) is 16.5. The molecular formula is C22H24N4O2. The van der Waals surface area contributed by atoms with Crippen LogP contribution in [-0.4, -0.2) is 35.0 Å². The predicted octanol–water partition coefficient (Wildman–Crippen LogP) is 3.10. The maximum absolute atomic E-state index is 12.3. The lowest BCUT2D eigenvalue weighted by molar-refractivity contribution is -0.122. The van der Waals surface area contributed by atoms with Crippen LogP contribution in [0, 0.1) is 0 Å². The number of anilines is 1. The third-order valence-corrected chi connectivity index (χ3v) is 5.89. The molecule has 0 bridgehead atoms. The van der Waals surface area contributed by atoms with E-state index in [-0.39, 0.29) is 11.4 Å². The second-order valence-corrected chi connectivity index (χ2v) is 7.62. The maximum atomic E-state index is 12.3. The Labute approximate surface area is 164 Å². The van der Waals surface area contributed by atoms with Crippen molar-refractivity contribution in [1.82, 2.24) is 14.8 Å². The number of para-hydroxylation sites is 2. The smallest absolute Gasteiger partial charge is 0.234 e. The van der Waals surface area contributed by atoms with Crippen LogP contribution in [-0.2, 0) is 16.9 Å². The molecule has 1 aromatic carbocycles. The standard InChI is InChI=1S/C22H24N4O2/c27-21(23-15-17-5-4-14-28-17)16-25-12-9-22(10-13-25)20-8-3-11-26(20)19-7-2-1-6-18(19)24-22/h1-8,11,14,24H,9-10,12-13,15-16H2,(H,23,27). The molecule has 6 heteroatoms. The van der Waals surface area contributed by atoms with E-state index in [1.54, 1.807) is 6.26 Å². The fraction of sp³-hybridized carbons (Fsp3) is 0.318. The summed E-state index contributed by atoms with van der Waals surface area (Å²) in [5, 5.41) is 6.75. The second kappa shape index (κ2) is 6.87. The van der Waals surface area contributed by atoms with Crippen LogP contribution in [0.25, 0.3) is 5.69 Å². The van der Waals surface area contributed by atoms with Crippen molar-refractivity contribution in [1.29, 1.82) is 0 Å². The van der Waals surface area contributed by atoms with Gasteiger partial charge in [0, 0.05) is 25.0 Å². The van der Waals surface area contributed by atoms with E-state index >= 15 is 0 Å². The van der Waals surface area contributed by atoms with Crippen LogP contribution >= 0.6 is 0 Å². The molecule has 1 saturated heterocycles. The predicted molar refractivity (Wildman–Crippen MR) is 107 cm³/mol. The van der Waals surface area contributed by atoms with Gasteiger partial charge in [0.25, 0.3) is 0 Å². The largest absolute Gasteiger partial charge is 0.467 e. The van der Waals surface area contributed by atoms with Gasteiger partial charge in [0.2, 0.25) is 5.91 Å². The molecule has 0 radical (unpaired) electrons. The highest BCUT2D eigenvalue weighted by atomic mass is 16.3. The highest BCUT2D eigenvalue weighted by Crippen LogP contribution is 2.43. The van der Waals surface area contributed by atoms with E-state index in [9.17, 15) is 4.79 Å². The van der Waals surface area contributed by atoms with E-state index in [1.807, 2.05) is 12.1 Å². The highest BCUT2D eigenvalue weighted by Gasteiger charge is 2.41. The molecule has 4 heterocycles. The lowest BCUT2D eigenvalue weighted by Crippen LogP contribution is -2.51. The van der Waals surface area contributed by atoms with E-state index in [0.29, 0.717) is 13.1 Å². The molecule has 0 saturated carbocycles. The van der Waals surface area contributed by atoms with Crippen molar-refractivity contribution in [3.63, 3.8) is 0 Å². The zero-order valence-electron chi connectivity index (χ0n) is 15.7. The summed E-state index contributed by atoms with van der Waals surface area (Å²) < 4.78 is 7.57. The van der Waals surface area contributed by atoms with Gasteiger partial charge >= 0.3 is 0 Å². The lowest BCUT2D eigenvalue weighted by atomic mass is 9.82. The first-order chi connectivity index (χ1) is 13.7. The SMILES string of the molecule is O=C(CN1CCC2(CC1)Nc1ccccc1-n1cccc12)NCc1ccco1. The van der Waals surface area contributed by atoms with Crippen molar-refractivity contribution < 1.29 is 9.21 Å². The van der Waals surface area contributed by atoms with Gasteiger partial charge in [-0.25, -0.2) is 0 Å². The van der Waals surface area contributed by atoms with Crippen molar-refractivity contribution in [2.45, 2.75) is 24.9 Å². The summed E-state index contributed by atoms with van der Waals surface area (Å²) in [7, 11) is 0. The monoisotopic (exact) mass is 376 g/mol. The molecule has 0 unspecified atom stereocenters. The first kappa shape index (κ1) is 17.1. The van der Waals surface area contributed by atoms with Crippen LogP contribution in [0.1, 0.15) is 24.3 Å². The van der Waals surface area contributed by atoms with Gasteiger partial charge in [-0.1, -0.05) is 12.1 Å². The Hall–Kier alpha value is -2.99. The zero-order valence-corrected chi connectivity index (χ0v) is 15.7. The molecule has 0 aliphatic carbocycles. The third kappa shape index (κ3) is 2.99. The molecular weight excluding hydrogens is 352 g/mol. The number of nitrogens with zero attached hydrogens (tertiary/aromatic N) is 2. The summed E-state index contributed by atoms with van der Waals surface area (Å²) in [5.41, 5.74) is 3.62. The topological polar surface area (TPSA) is 62.4 Å². The van der Waals surface area contributed by atoms with Gasteiger partial charge in [-0.3, -0.25) is 9.69 Å². The Kier molecular flexibility index (Phi) is 4.20. The highest BCUT2D eigenvalue weighted by molar-refractivity contribution is 5.78. The Morgan fingerprint density at radius 2 is 1.96 bits per heavy atom.